The fraction of sp³-hybridized carbons (Fsp3) is 0.333. The molecule has 0 saturated carbocycles. The van der Waals surface area contributed by atoms with Gasteiger partial charge in [0.2, 0.25) is 5.91 Å². The molecule has 2 rings (SSSR count). The van der Waals surface area contributed by atoms with Gasteiger partial charge in [0.1, 0.15) is 6.04 Å². The quantitative estimate of drug-likeness (QED) is 0.636. The molecule has 1 amide bonds. The van der Waals surface area contributed by atoms with Crippen molar-refractivity contribution in [3.8, 4) is 11.5 Å². The van der Waals surface area contributed by atoms with Crippen molar-refractivity contribution < 1.29 is 32.6 Å². The molecule has 0 spiro atoms. The van der Waals surface area contributed by atoms with Crippen LogP contribution >= 0.6 is 0 Å². The van der Waals surface area contributed by atoms with Crippen LogP contribution in [0, 0.1) is 0 Å². The fourth-order valence-electron chi connectivity index (χ4n) is 2.05. The molecular formula is C15H15F2NO5. The van der Waals surface area contributed by atoms with Gasteiger partial charge in [-0.15, -0.1) is 0 Å². The summed E-state index contributed by atoms with van der Waals surface area (Å²) in [6.07, 6.45) is 2.83. The number of carbonyl (C=O) groups excluding carboxylic acids is 2. The number of carbonyl (C=O) groups is 2. The van der Waals surface area contributed by atoms with Gasteiger partial charge in [0.15, 0.2) is 11.5 Å². The van der Waals surface area contributed by atoms with E-state index in [1.54, 1.807) is 6.07 Å². The molecule has 124 valence electrons. The third-order valence-electron chi connectivity index (χ3n) is 3.10. The predicted molar refractivity (Wildman–Crippen MR) is 76.2 cm³/mol. The van der Waals surface area contributed by atoms with E-state index in [-0.39, 0.29) is 23.7 Å². The van der Waals surface area contributed by atoms with Crippen LogP contribution in [0.2, 0.25) is 0 Å². The number of amides is 1. The van der Waals surface area contributed by atoms with Gasteiger partial charge in [0.05, 0.1) is 13.7 Å². The van der Waals surface area contributed by atoms with E-state index in [9.17, 15) is 18.4 Å². The minimum Gasteiger partial charge on any atom is -0.493 e. The summed E-state index contributed by atoms with van der Waals surface area (Å²) in [5.41, 5.74) is 0.244. The summed E-state index contributed by atoms with van der Waals surface area (Å²) in [4.78, 5) is 23.0. The van der Waals surface area contributed by atoms with Crippen LogP contribution in [0.1, 0.15) is 12.0 Å². The van der Waals surface area contributed by atoms with Crippen LogP contribution in [-0.2, 0) is 14.3 Å². The van der Waals surface area contributed by atoms with Crippen LogP contribution in [0.15, 0.2) is 24.3 Å². The molecule has 1 aromatic rings. The van der Waals surface area contributed by atoms with E-state index < -0.39 is 24.5 Å². The molecule has 6 nitrogen and oxygen atoms in total. The van der Waals surface area contributed by atoms with Gasteiger partial charge in [-0.25, -0.2) is 4.79 Å². The Morgan fingerprint density at radius 1 is 1.48 bits per heavy atom. The number of hydrogen-bond acceptors (Lipinski definition) is 5. The highest BCUT2D eigenvalue weighted by atomic mass is 19.3. The maximum Gasteiger partial charge on any atom is 0.387 e. The third kappa shape index (κ3) is 4.41. The largest absolute Gasteiger partial charge is 0.493 e. The van der Waals surface area contributed by atoms with Crippen molar-refractivity contribution in [1.82, 2.24) is 5.32 Å². The smallest absolute Gasteiger partial charge is 0.387 e. The van der Waals surface area contributed by atoms with Gasteiger partial charge in [0, 0.05) is 18.1 Å². The number of nitrogens with one attached hydrogen (secondary N) is 1. The normalized spacial score (nSPS) is 17.4. The van der Waals surface area contributed by atoms with Crippen molar-refractivity contribution in [3.05, 3.63) is 29.8 Å². The van der Waals surface area contributed by atoms with E-state index in [1.807, 2.05) is 0 Å². The Morgan fingerprint density at radius 3 is 2.87 bits per heavy atom. The Morgan fingerprint density at radius 2 is 2.26 bits per heavy atom. The molecule has 1 saturated heterocycles. The summed E-state index contributed by atoms with van der Waals surface area (Å²) >= 11 is 0. The van der Waals surface area contributed by atoms with E-state index in [2.05, 4.69) is 10.1 Å². The maximum absolute atomic E-state index is 12.5. The Balaban J connectivity index is 2.11. The zero-order valence-electron chi connectivity index (χ0n) is 12.3. The van der Waals surface area contributed by atoms with Crippen LogP contribution in [0.25, 0.3) is 6.08 Å². The summed E-state index contributed by atoms with van der Waals surface area (Å²) < 4.78 is 39.1. The Hall–Kier alpha value is -2.64. The van der Waals surface area contributed by atoms with Crippen LogP contribution in [0.4, 0.5) is 8.78 Å². The van der Waals surface area contributed by atoms with E-state index in [4.69, 9.17) is 9.47 Å². The summed E-state index contributed by atoms with van der Waals surface area (Å²) in [5.74, 6) is -1.09. The van der Waals surface area contributed by atoms with Gasteiger partial charge in [0.25, 0.3) is 0 Å². The van der Waals surface area contributed by atoms with Gasteiger partial charge in [-0.3, -0.25) is 4.79 Å². The van der Waals surface area contributed by atoms with E-state index in [0.29, 0.717) is 6.42 Å². The molecule has 8 heteroatoms. The lowest BCUT2D eigenvalue weighted by atomic mass is 10.1. The zero-order chi connectivity index (χ0) is 16.8. The maximum atomic E-state index is 12.5. The molecule has 23 heavy (non-hydrogen) atoms. The molecule has 0 radical (unpaired) electrons. The van der Waals surface area contributed by atoms with Crippen molar-refractivity contribution >= 4 is 18.0 Å². The standard InChI is InChI=1S/C15H15F2NO5/c1-21-11-4-2-3-9(13(11)23-15(16)17)5-6-12(19)18-10-7-8-22-14(10)20/h2-6,10,15H,7-8H2,1H3,(H,18,19)/b6-5-/t10-/m0/s1. The van der Waals surface area contributed by atoms with Crippen molar-refractivity contribution in [2.75, 3.05) is 13.7 Å². The number of benzene rings is 1. The predicted octanol–water partition coefficient (Wildman–Crippen LogP) is 1.74. The molecule has 1 fully saturated rings. The molecule has 0 aliphatic carbocycles. The van der Waals surface area contributed by atoms with E-state index in [0.717, 1.165) is 6.08 Å². The molecule has 1 aliphatic heterocycles. The summed E-state index contributed by atoms with van der Waals surface area (Å²) in [5, 5.41) is 2.47. The lowest BCUT2D eigenvalue weighted by molar-refractivity contribution is -0.140. The first kappa shape index (κ1) is 16.7. The second-order valence-corrected chi connectivity index (χ2v) is 4.61. The second-order valence-electron chi connectivity index (χ2n) is 4.61. The average molecular weight is 327 g/mol. The van der Waals surface area contributed by atoms with Gasteiger partial charge in [-0.2, -0.15) is 8.78 Å². The molecule has 1 N–H and O–H groups in total. The van der Waals surface area contributed by atoms with Crippen molar-refractivity contribution in [1.29, 1.82) is 0 Å². The summed E-state index contributed by atoms with van der Waals surface area (Å²) in [7, 11) is 1.32. The van der Waals surface area contributed by atoms with Crippen LogP contribution in [0.3, 0.4) is 0 Å². The number of cyclic esters (lactones) is 1. The zero-order valence-corrected chi connectivity index (χ0v) is 12.3. The third-order valence-corrected chi connectivity index (χ3v) is 3.10. The van der Waals surface area contributed by atoms with Gasteiger partial charge < -0.3 is 19.5 Å². The lowest BCUT2D eigenvalue weighted by Gasteiger charge is -2.12. The number of rotatable bonds is 6. The topological polar surface area (TPSA) is 73.9 Å². The number of alkyl halides is 2. The molecule has 1 aliphatic rings. The Labute approximate surface area is 131 Å². The van der Waals surface area contributed by atoms with Crippen LogP contribution < -0.4 is 14.8 Å². The molecular weight excluding hydrogens is 312 g/mol. The van der Waals surface area contributed by atoms with E-state index in [1.165, 1.54) is 25.3 Å². The minimum atomic E-state index is -3.03. The summed E-state index contributed by atoms with van der Waals surface area (Å²) in [6, 6.07) is 3.84. The Bertz CT molecular complexity index is 618. The second kappa shape index (κ2) is 7.57. The van der Waals surface area contributed by atoms with E-state index >= 15 is 0 Å². The number of esters is 1. The highest BCUT2D eigenvalue weighted by molar-refractivity contribution is 5.95. The van der Waals surface area contributed by atoms with Gasteiger partial charge in [-0.1, -0.05) is 12.1 Å². The first-order valence-corrected chi connectivity index (χ1v) is 6.78. The molecule has 0 unspecified atom stereocenters. The monoisotopic (exact) mass is 327 g/mol. The molecule has 0 aromatic heterocycles. The molecule has 1 aromatic carbocycles. The van der Waals surface area contributed by atoms with Gasteiger partial charge in [-0.05, 0) is 12.1 Å². The molecule has 1 heterocycles. The minimum absolute atomic E-state index is 0.118. The van der Waals surface area contributed by atoms with Gasteiger partial charge >= 0.3 is 12.6 Å². The number of hydrogen-bond donors (Lipinski definition) is 1. The average Bonchev–Trinajstić information content (AvgIpc) is 2.90. The van der Waals surface area contributed by atoms with Crippen molar-refractivity contribution in [2.24, 2.45) is 0 Å². The molecule has 0 bridgehead atoms. The lowest BCUT2D eigenvalue weighted by Crippen LogP contribution is -2.36. The SMILES string of the molecule is COc1cccc(/C=C\C(=O)N[C@H]2CCOC2=O)c1OC(F)F. The number of methoxy groups -OCH3 is 1. The first-order valence-electron chi connectivity index (χ1n) is 6.78. The highest BCUT2D eigenvalue weighted by Crippen LogP contribution is 2.33. The van der Waals surface area contributed by atoms with Crippen molar-refractivity contribution in [3.63, 3.8) is 0 Å². The fourth-order valence-corrected chi connectivity index (χ4v) is 2.05. The molecule has 1 atom stereocenters. The van der Waals surface area contributed by atoms with Crippen molar-refractivity contribution in [2.45, 2.75) is 19.1 Å². The number of halogens is 2. The van der Waals surface area contributed by atoms with Crippen LogP contribution in [0.5, 0.6) is 11.5 Å². The number of ether oxygens (including phenoxy) is 3. The Kier molecular flexibility index (Phi) is 5.51. The van der Waals surface area contributed by atoms with Crippen LogP contribution in [-0.4, -0.2) is 38.2 Å². The first-order chi connectivity index (χ1) is 11.0. The summed E-state index contributed by atoms with van der Waals surface area (Å²) in [6.45, 7) is -2.77. The number of para-hydroxylation sites is 1. The highest BCUT2D eigenvalue weighted by Gasteiger charge is 2.27.